The number of amides is 1. The summed E-state index contributed by atoms with van der Waals surface area (Å²) in [5.41, 5.74) is 0.827. The quantitative estimate of drug-likeness (QED) is 0.159. The third kappa shape index (κ3) is 9.00. The first-order chi connectivity index (χ1) is 20.3. The number of hydrogen-bond donors (Lipinski definition) is 0. The van der Waals surface area contributed by atoms with Crippen LogP contribution >= 0.6 is 0 Å². The molecule has 1 amide bonds. The van der Waals surface area contributed by atoms with Gasteiger partial charge in [0.1, 0.15) is 12.1 Å². The third-order valence-electron chi connectivity index (χ3n) is 8.37. The second-order valence-corrected chi connectivity index (χ2v) is 11.5. The standard InChI is InChI=1S/C34H51NO7/c1-7-14-25(4)42-34(37)28-17-12-13-19-35(28)33(36)31(26-15-10-9-11-16-26)27-22-29(38-5)32(39-6)30(23-27)41-21-18-24(3)40-20-8-2/h7-8,22-26,28,31H,1-2,9-21H2,3-6H3/t24-,25+,28-,31-/m0/s1. The minimum atomic E-state index is -0.586. The summed E-state index contributed by atoms with van der Waals surface area (Å²) < 4.78 is 29.1. The van der Waals surface area contributed by atoms with Gasteiger partial charge in [0.05, 0.1) is 39.5 Å². The summed E-state index contributed by atoms with van der Waals surface area (Å²) in [5.74, 6) is 0.913. The van der Waals surface area contributed by atoms with Gasteiger partial charge in [-0.2, -0.15) is 0 Å². The average Bonchev–Trinajstić information content (AvgIpc) is 3.00. The Labute approximate surface area is 252 Å². The Bertz CT molecular complexity index is 1030. The highest BCUT2D eigenvalue weighted by molar-refractivity contribution is 5.89. The molecule has 1 aromatic carbocycles. The largest absolute Gasteiger partial charge is 0.493 e. The van der Waals surface area contributed by atoms with Crippen molar-refractivity contribution < 1.29 is 33.3 Å². The van der Waals surface area contributed by atoms with E-state index in [0.29, 0.717) is 56.3 Å². The molecule has 0 spiro atoms. The molecule has 0 radical (unpaired) electrons. The Morgan fingerprint density at radius 2 is 1.67 bits per heavy atom. The number of nitrogens with zero attached hydrogens (tertiary/aromatic N) is 1. The number of likely N-dealkylation sites (tertiary alicyclic amines) is 1. The maximum absolute atomic E-state index is 14.6. The normalized spacial score (nSPS) is 19.7. The minimum Gasteiger partial charge on any atom is -0.493 e. The lowest BCUT2D eigenvalue weighted by atomic mass is 9.75. The minimum absolute atomic E-state index is 0.000581. The molecule has 0 N–H and O–H groups in total. The van der Waals surface area contributed by atoms with E-state index in [2.05, 4.69) is 13.2 Å². The Balaban J connectivity index is 1.95. The molecular weight excluding hydrogens is 534 g/mol. The number of esters is 1. The lowest BCUT2D eigenvalue weighted by Crippen LogP contribution is -2.51. The van der Waals surface area contributed by atoms with Crippen molar-refractivity contribution in [2.45, 2.75) is 102 Å². The molecule has 8 heteroatoms. The van der Waals surface area contributed by atoms with E-state index in [0.717, 1.165) is 44.1 Å². The number of carbonyl (C=O) groups is 2. The van der Waals surface area contributed by atoms with Crippen molar-refractivity contribution in [1.82, 2.24) is 4.90 Å². The highest BCUT2D eigenvalue weighted by Crippen LogP contribution is 2.45. The van der Waals surface area contributed by atoms with Crippen molar-refractivity contribution in [2.24, 2.45) is 5.92 Å². The summed E-state index contributed by atoms with van der Waals surface area (Å²) >= 11 is 0. The molecule has 4 atom stereocenters. The van der Waals surface area contributed by atoms with Gasteiger partial charge in [-0.15, -0.1) is 13.2 Å². The van der Waals surface area contributed by atoms with Crippen molar-refractivity contribution in [3.63, 3.8) is 0 Å². The molecule has 1 aliphatic carbocycles. The topological polar surface area (TPSA) is 83.5 Å². The predicted molar refractivity (Wildman–Crippen MR) is 164 cm³/mol. The van der Waals surface area contributed by atoms with Gasteiger partial charge in [0.25, 0.3) is 0 Å². The molecule has 3 rings (SSSR count). The van der Waals surface area contributed by atoms with Gasteiger partial charge in [0.15, 0.2) is 11.5 Å². The highest BCUT2D eigenvalue weighted by atomic mass is 16.5. The molecule has 234 valence electrons. The van der Waals surface area contributed by atoms with Crippen molar-refractivity contribution >= 4 is 11.9 Å². The van der Waals surface area contributed by atoms with Crippen molar-refractivity contribution in [1.29, 1.82) is 0 Å². The lowest BCUT2D eigenvalue weighted by molar-refractivity contribution is -0.161. The van der Waals surface area contributed by atoms with Crippen molar-refractivity contribution in [3.05, 3.63) is 43.0 Å². The van der Waals surface area contributed by atoms with Crippen LogP contribution in [0.1, 0.15) is 89.5 Å². The summed E-state index contributed by atoms with van der Waals surface area (Å²) in [6, 6.07) is 3.25. The number of ether oxygens (including phenoxy) is 5. The molecule has 1 aromatic rings. The molecule has 2 aliphatic rings. The number of methoxy groups -OCH3 is 2. The van der Waals surface area contributed by atoms with Gasteiger partial charge in [-0.25, -0.2) is 4.79 Å². The summed E-state index contributed by atoms with van der Waals surface area (Å²) in [6.07, 6.45) is 12.0. The maximum Gasteiger partial charge on any atom is 0.329 e. The van der Waals surface area contributed by atoms with Gasteiger partial charge in [0.2, 0.25) is 11.7 Å². The number of piperidine rings is 1. The molecule has 2 fully saturated rings. The Kier molecular flexibility index (Phi) is 13.7. The smallest absolute Gasteiger partial charge is 0.329 e. The first kappa shape index (κ1) is 33.5. The van der Waals surface area contributed by atoms with Gasteiger partial charge in [-0.3, -0.25) is 4.79 Å². The van der Waals surface area contributed by atoms with Crippen LogP contribution in [0.2, 0.25) is 0 Å². The number of carbonyl (C=O) groups excluding carboxylic acids is 2. The molecule has 1 saturated carbocycles. The van der Waals surface area contributed by atoms with E-state index in [1.165, 1.54) is 6.42 Å². The summed E-state index contributed by atoms with van der Waals surface area (Å²) in [6.45, 7) is 12.7. The lowest BCUT2D eigenvalue weighted by Gasteiger charge is -2.39. The van der Waals surface area contributed by atoms with Gasteiger partial charge in [0, 0.05) is 19.4 Å². The van der Waals surface area contributed by atoms with E-state index >= 15 is 0 Å². The molecule has 0 unspecified atom stereocenters. The maximum atomic E-state index is 14.6. The molecule has 1 heterocycles. The zero-order valence-electron chi connectivity index (χ0n) is 26.1. The Morgan fingerprint density at radius 1 is 0.952 bits per heavy atom. The van der Waals surface area contributed by atoms with E-state index in [9.17, 15) is 9.59 Å². The van der Waals surface area contributed by atoms with Crippen LogP contribution in [0.25, 0.3) is 0 Å². The van der Waals surface area contributed by atoms with Crippen LogP contribution in [-0.2, 0) is 19.1 Å². The van der Waals surface area contributed by atoms with E-state index in [1.807, 2.05) is 26.0 Å². The zero-order valence-corrected chi connectivity index (χ0v) is 26.1. The van der Waals surface area contributed by atoms with Crippen LogP contribution in [-0.4, -0.2) is 69.0 Å². The first-order valence-corrected chi connectivity index (χ1v) is 15.6. The third-order valence-corrected chi connectivity index (χ3v) is 8.37. The van der Waals surface area contributed by atoms with Crippen LogP contribution in [0, 0.1) is 5.92 Å². The van der Waals surface area contributed by atoms with E-state index in [-0.39, 0.29) is 30.0 Å². The molecular formula is C34H51NO7. The van der Waals surface area contributed by atoms with Crippen LogP contribution in [0.3, 0.4) is 0 Å². The summed E-state index contributed by atoms with van der Waals surface area (Å²) in [4.78, 5) is 29.6. The molecule has 0 bridgehead atoms. The van der Waals surface area contributed by atoms with Crippen molar-refractivity contribution in [2.75, 3.05) is 34.0 Å². The fourth-order valence-corrected chi connectivity index (χ4v) is 6.15. The van der Waals surface area contributed by atoms with Gasteiger partial charge < -0.3 is 28.6 Å². The highest BCUT2D eigenvalue weighted by Gasteiger charge is 2.41. The van der Waals surface area contributed by atoms with Gasteiger partial charge in [-0.05, 0) is 69.6 Å². The monoisotopic (exact) mass is 585 g/mol. The Hall–Kier alpha value is -3.00. The van der Waals surface area contributed by atoms with E-state index in [1.54, 1.807) is 31.3 Å². The van der Waals surface area contributed by atoms with E-state index in [4.69, 9.17) is 23.7 Å². The van der Waals surface area contributed by atoms with Crippen LogP contribution in [0.4, 0.5) is 0 Å². The van der Waals surface area contributed by atoms with Gasteiger partial charge in [-0.1, -0.05) is 31.4 Å². The second kappa shape index (κ2) is 17.2. The van der Waals surface area contributed by atoms with Crippen LogP contribution < -0.4 is 14.2 Å². The first-order valence-electron chi connectivity index (χ1n) is 15.6. The SMILES string of the molecule is C=CCO[C@@H](C)CCOc1cc([C@@H](C(=O)N2CCCC[C@H]2C(=O)O[C@H](C)CC=C)C2CCCCC2)cc(OC)c1OC. The molecule has 0 aromatic heterocycles. The number of rotatable bonds is 16. The fourth-order valence-electron chi connectivity index (χ4n) is 6.15. The molecule has 1 saturated heterocycles. The summed E-state index contributed by atoms with van der Waals surface area (Å²) in [5, 5.41) is 0. The van der Waals surface area contributed by atoms with Crippen LogP contribution in [0.5, 0.6) is 17.2 Å². The number of benzene rings is 1. The van der Waals surface area contributed by atoms with E-state index < -0.39 is 12.0 Å². The van der Waals surface area contributed by atoms with Crippen molar-refractivity contribution in [3.8, 4) is 17.2 Å². The van der Waals surface area contributed by atoms with Crippen LogP contribution in [0.15, 0.2) is 37.4 Å². The molecule has 42 heavy (non-hydrogen) atoms. The molecule has 8 nitrogen and oxygen atoms in total. The zero-order chi connectivity index (χ0) is 30.5. The molecule has 1 aliphatic heterocycles. The summed E-state index contributed by atoms with van der Waals surface area (Å²) in [7, 11) is 3.18. The second-order valence-electron chi connectivity index (χ2n) is 11.5. The average molecular weight is 586 g/mol. The fraction of sp³-hybridized carbons (Fsp3) is 0.647. The van der Waals surface area contributed by atoms with Gasteiger partial charge >= 0.3 is 5.97 Å². The predicted octanol–water partition coefficient (Wildman–Crippen LogP) is 6.62. The Morgan fingerprint density at radius 3 is 2.33 bits per heavy atom. The number of hydrogen-bond acceptors (Lipinski definition) is 7.